The fourth-order valence-corrected chi connectivity index (χ4v) is 14.3. The first-order valence-corrected chi connectivity index (χ1v) is 24.8. The van der Waals surface area contributed by atoms with Gasteiger partial charge in [-0.1, -0.05) is 166 Å². The van der Waals surface area contributed by atoms with Gasteiger partial charge in [-0.25, -0.2) is 0 Å². The average Bonchev–Trinajstić information content (AvgIpc) is 3.78. The van der Waals surface area contributed by atoms with E-state index < -0.39 is 0 Å². The predicted octanol–water partition coefficient (Wildman–Crippen LogP) is 17.6. The van der Waals surface area contributed by atoms with Crippen molar-refractivity contribution in [3.05, 3.63) is 234 Å². The lowest BCUT2D eigenvalue weighted by Crippen LogP contribution is -2.55. The quantitative estimate of drug-likeness (QED) is 0.147. The average molecular weight is 864 g/mol. The molecule has 0 radical (unpaired) electrons. The van der Waals surface area contributed by atoms with Crippen molar-refractivity contribution >= 4 is 28.7 Å². The molecule has 6 aliphatic rings. The van der Waals surface area contributed by atoms with Crippen LogP contribution in [0.1, 0.15) is 91.8 Å². The topological polar surface area (TPSA) is 3.24 Å². The molecule has 1 nitrogen and oxygen atoms in total. The molecule has 1 spiro atoms. The number of nitrogens with zero attached hydrogens (tertiary/aromatic N) is 1. The highest BCUT2D eigenvalue weighted by molar-refractivity contribution is 5.91. The van der Waals surface area contributed by atoms with Crippen LogP contribution >= 0.6 is 0 Å². The van der Waals surface area contributed by atoms with Crippen molar-refractivity contribution in [2.24, 2.45) is 23.7 Å². The van der Waals surface area contributed by atoms with Crippen LogP contribution in [-0.2, 0) is 10.8 Å². The molecule has 326 valence electrons. The third-order valence-electron chi connectivity index (χ3n) is 17.1. The van der Waals surface area contributed by atoms with Crippen molar-refractivity contribution in [3.63, 3.8) is 0 Å². The Hall–Kier alpha value is -6.96. The largest absolute Gasteiger partial charge is 0.310 e. The lowest BCUT2D eigenvalue weighted by molar-refractivity contribution is -0.0399. The van der Waals surface area contributed by atoms with Gasteiger partial charge in [0.25, 0.3) is 0 Å². The van der Waals surface area contributed by atoms with Crippen molar-refractivity contribution in [3.8, 4) is 44.5 Å². The summed E-state index contributed by atoms with van der Waals surface area (Å²) in [6.07, 6.45) is 11.4. The molecule has 8 aromatic carbocycles. The Kier molecular flexibility index (Phi) is 9.20. The molecule has 14 rings (SSSR count). The molecule has 0 saturated heterocycles. The van der Waals surface area contributed by atoms with Crippen LogP contribution in [0, 0.1) is 23.7 Å². The molecule has 0 aliphatic heterocycles. The molecule has 1 heteroatoms. The molecule has 0 amide bonds. The van der Waals surface area contributed by atoms with Crippen LogP contribution in [0.15, 0.2) is 195 Å². The summed E-state index contributed by atoms with van der Waals surface area (Å²) in [4.78, 5) is 2.42. The summed E-state index contributed by atoms with van der Waals surface area (Å²) < 4.78 is 0. The number of allylic oxidation sites excluding steroid dienone is 1. The maximum Gasteiger partial charge on any atom is 0.0465 e. The van der Waals surface area contributed by atoms with Gasteiger partial charge >= 0.3 is 0 Å². The zero-order chi connectivity index (χ0) is 45.0. The van der Waals surface area contributed by atoms with E-state index in [4.69, 9.17) is 0 Å². The SMILES string of the molecule is C=C(c1ccc(N(c2ccc(-c3ccccc3)cc2)c2ccc3c(c2)C(C)(C)c2ccc(-c4ccc5c(c4)-c4ccccc4C54C5CC6CC(C5)CC4C6)cc2-3)cc1)c1ccccc1/C=C\C. The molecular weight excluding hydrogens is 807 g/mol. The van der Waals surface area contributed by atoms with Crippen LogP contribution in [0.25, 0.3) is 56.2 Å². The highest BCUT2D eigenvalue weighted by Crippen LogP contribution is 2.69. The molecule has 0 atom stereocenters. The molecular formula is C66H57N. The molecule has 4 bridgehead atoms. The van der Waals surface area contributed by atoms with Gasteiger partial charge < -0.3 is 4.90 Å². The first-order chi connectivity index (χ1) is 32.8. The van der Waals surface area contributed by atoms with Crippen LogP contribution < -0.4 is 4.90 Å². The predicted molar refractivity (Wildman–Crippen MR) is 282 cm³/mol. The van der Waals surface area contributed by atoms with E-state index in [-0.39, 0.29) is 10.8 Å². The third kappa shape index (κ3) is 6.13. The van der Waals surface area contributed by atoms with Gasteiger partial charge in [0.15, 0.2) is 0 Å². The molecule has 67 heavy (non-hydrogen) atoms. The van der Waals surface area contributed by atoms with Crippen molar-refractivity contribution in [2.75, 3.05) is 4.90 Å². The van der Waals surface area contributed by atoms with E-state index in [0.717, 1.165) is 57.4 Å². The van der Waals surface area contributed by atoms with Crippen LogP contribution in [0.4, 0.5) is 17.1 Å². The van der Waals surface area contributed by atoms with Gasteiger partial charge in [-0.3, -0.25) is 0 Å². The second-order valence-electron chi connectivity index (χ2n) is 21.0. The lowest BCUT2D eigenvalue weighted by Gasteiger charge is -2.61. The Morgan fingerprint density at radius 3 is 1.72 bits per heavy atom. The number of rotatable bonds is 8. The normalized spacial score (nSPS) is 22.1. The summed E-state index contributed by atoms with van der Waals surface area (Å²) >= 11 is 0. The summed E-state index contributed by atoms with van der Waals surface area (Å²) in [5.74, 6) is 3.45. The van der Waals surface area contributed by atoms with Gasteiger partial charge in [-0.2, -0.15) is 0 Å². The zero-order valence-electron chi connectivity index (χ0n) is 39.0. The van der Waals surface area contributed by atoms with Crippen molar-refractivity contribution in [2.45, 2.75) is 63.7 Å². The van der Waals surface area contributed by atoms with E-state index in [1.54, 1.807) is 11.1 Å². The Morgan fingerprint density at radius 2 is 1.01 bits per heavy atom. The fraction of sp³-hybridized carbons (Fsp3) is 0.212. The summed E-state index contributed by atoms with van der Waals surface area (Å²) in [7, 11) is 0. The third-order valence-corrected chi connectivity index (χ3v) is 17.1. The molecule has 6 aliphatic carbocycles. The fourth-order valence-electron chi connectivity index (χ4n) is 14.3. The number of fused-ring (bicyclic) bond motifs is 6. The molecule has 0 N–H and O–H groups in total. The van der Waals surface area contributed by atoms with Gasteiger partial charge in [0, 0.05) is 27.9 Å². The second kappa shape index (κ2) is 15.3. The maximum atomic E-state index is 4.58. The van der Waals surface area contributed by atoms with Gasteiger partial charge in [-0.15, -0.1) is 0 Å². The highest BCUT2D eigenvalue weighted by Gasteiger charge is 2.61. The molecule has 8 aromatic rings. The first kappa shape index (κ1) is 40.3. The summed E-state index contributed by atoms with van der Waals surface area (Å²) in [6, 6.07) is 68.7. The minimum atomic E-state index is -0.174. The van der Waals surface area contributed by atoms with Gasteiger partial charge in [0.05, 0.1) is 0 Å². The number of benzene rings is 8. The van der Waals surface area contributed by atoms with E-state index in [0.29, 0.717) is 0 Å². The van der Waals surface area contributed by atoms with Crippen molar-refractivity contribution in [1.29, 1.82) is 0 Å². The van der Waals surface area contributed by atoms with Gasteiger partial charge in [0.1, 0.15) is 0 Å². The Balaban J connectivity index is 0.875. The smallest absolute Gasteiger partial charge is 0.0465 e. The molecule has 0 aromatic heterocycles. The number of anilines is 3. The molecule has 0 heterocycles. The standard InChI is InChI=1S/C66H57N/c1-5-13-48-16-9-10-17-56(48)42(2)45-20-26-53(27-21-45)67(54-28-22-47(23-29-54)46-14-7-6-8-15-46)55-30-31-58-59-39-49(24-32-61(59)65(3,4)64(58)41-55)50-25-33-63-60(40-50)57-18-11-12-19-62(57)66(63)51-35-43-34-44(37-51)38-52(66)36-43/h5-33,39-41,43-44,51-52H,2,34-38H2,1,3-4H3/b13-5-. The van der Waals surface area contributed by atoms with Crippen LogP contribution in [-0.4, -0.2) is 0 Å². The van der Waals surface area contributed by atoms with Crippen molar-refractivity contribution in [1.82, 2.24) is 0 Å². The molecule has 0 unspecified atom stereocenters. The first-order valence-electron chi connectivity index (χ1n) is 24.8. The van der Waals surface area contributed by atoms with Crippen LogP contribution in [0.3, 0.4) is 0 Å². The summed E-state index contributed by atoms with van der Waals surface area (Å²) in [5.41, 5.74) is 24.6. The second-order valence-corrected chi connectivity index (χ2v) is 21.0. The zero-order valence-corrected chi connectivity index (χ0v) is 39.0. The van der Waals surface area contributed by atoms with E-state index in [9.17, 15) is 0 Å². The Bertz CT molecular complexity index is 3260. The van der Waals surface area contributed by atoms with E-state index >= 15 is 0 Å². The lowest BCUT2D eigenvalue weighted by atomic mass is 9.43. The van der Waals surface area contributed by atoms with E-state index in [1.807, 2.05) is 0 Å². The Morgan fingerprint density at radius 1 is 0.478 bits per heavy atom. The van der Waals surface area contributed by atoms with Crippen LogP contribution in [0.5, 0.6) is 0 Å². The van der Waals surface area contributed by atoms with Gasteiger partial charge in [-0.05, 0) is 200 Å². The van der Waals surface area contributed by atoms with Crippen LogP contribution in [0.2, 0.25) is 0 Å². The minimum absolute atomic E-state index is 0.174. The van der Waals surface area contributed by atoms with Crippen molar-refractivity contribution < 1.29 is 0 Å². The minimum Gasteiger partial charge on any atom is -0.310 e. The van der Waals surface area contributed by atoms with E-state index in [1.165, 1.54) is 93.3 Å². The highest BCUT2D eigenvalue weighted by atomic mass is 15.1. The Labute approximate surface area is 397 Å². The monoisotopic (exact) mass is 863 g/mol. The number of hydrogen-bond acceptors (Lipinski definition) is 1. The van der Waals surface area contributed by atoms with E-state index in [2.05, 4.69) is 226 Å². The molecule has 4 saturated carbocycles. The number of hydrogen-bond donors (Lipinski definition) is 0. The summed E-state index contributed by atoms with van der Waals surface area (Å²) in [6.45, 7) is 11.5. The van der Waals surface area contributed by atoms with Gasteiger partial charge in [0.2, 0.25) is 0 Å². The summed E-state index contributed by atoms with van der Waals surface area (Å²) in [5, 5.41) is 0. The molecule has 4 fully saturated rings. The maximum absolute atomic E-state index is 4.58.